The van der Waals surface area contributed by atoms with Crippen molar-refractivity contribution in [2.45, 2.75) is 39.3 Å². The van der Waals surface area contributed by atoms with E-state index in [2.05, 4.69) is 10.6 Å². The molecule has 0 saturated heterocycles. The maximum absolute atomic E-state index is 11.3. The molecule has 3 N–H and O–H groups in total. The molecule has 0 saturated carbocycles. The second-order valence-electron chi connectivity index (χ2n) is 4.03. The minimum absolute atomic E-state index is 0.0938. The van der Waals surface area contributed by atoms with E-state index in [4.69, 9.17) is 9.84 Å². The number of rotatable bonds is 6. The maximum Gasteiger partial charge on any atom is 0.328 e. The molecule has 1 atom stereocenters. The van der Waals surface area contributed by atoms with E-state index in [1.165, 1.54) is 13.8 Å². The predicted octanol–water partition coefficient (Wildman–Crippen LogP) is 0.574. The number of carboxylic acid groups (broad SMARTS) is 1. The van der Waals surface area contributed by atoms with E-state index in [1.54, 1.807) is 0 Å². The van der Waals surface area contributed by atoms with Crippen LogP contribution in [0, 0.1) is 0 Å². The third kappa shape index (κ3) is 5.55. The molecule has 0 aromatic rings. The summed E-state index contributed by atoms with van der Waals surface area (Å²) in [6, 6.07) is -0.515. The monoisotopic (exact) mass is 232 g/mol. The van der Waals surface area contributed by atoms with Gasteiger partial charge in [0.15, 0.2) is 0 Å². The molecule has 6 nitrogen and oxygen atoms in total. The van der Waals surface area contributed by atoms with Crippen molar-refractivity contribution >= 4 is 12.0 Å². The largest absolute Gasteiger partial charge is 0.480 e. The van der Waals surface area contributed by atoms with Crippen LogP contribution >= 0.6 is 0 Å². The SMILES string of the molecule is CCOC(C)CNC(=O)NC(C)(C)C(=O)O. The fourth-order valence-electron chi connectivity index (χ4n) is 0.961. The van der Waals surface area contributed by atoms with Gasteiger partial charge in [0.2, 0.25) is 0 Å². The molecule has 0 aliphatic rings. The summed E-state index contributed by atoms with van der Waals surface area (Å²) in [5.74, 6) is -1.08. The van der Waals surface area contributed by atoms with Crippen molar-refractivity contribution in [3.05, 3.63) is 0 Å². The van der Waals surface area contributed by atoms with Gasteiger partial charge in [-0.25, -0.2) is 9.59 Å². The number of hydrogen-bond donors (Lipinski definition) is 3. The van der Waals surface area contributed by atoms with Crippen LogP contribution in [0.2, 0.25) is 0 Å². The number of ether oxygens (including phenoxy) is 1. The molecule has 2 amide bonds. The van der Waals surface area contributed by atoms with E-state index in [-0.39, 0.29) is 6.10 Å². The molecule has 0 rings (SSSR count). The van der Waals surface area contributed by atoms with Crippen LogP contribution in [0.15, 0.2) is 0 Å². The second-order valence-corrected chi connectivity index (χ2v) is 4.03. The van der Waals surface area contributed by atoms with E-state index >= 15 is 0 Å². The minimum Gasteiger partial charge on any atom is -0.480 e. The third-order valence-corrected chi connectivity index (χ3v) is 1.96. The summed E-state index contributed by atoms with van der Waals surface area (Å²) in [7, 11) is 0. The van der Waals surface area contributed by atoms with Crippen molar-refractivity contribution in [2.75, 3.05) is 13.2 Å². The first-order chi connectivity index (χ1) is 7.29. The lowest BCUT2D eigenvalue weighted by Crippen LogP contribution is -2.54. The fraction of sp³-hybridized carbons (Fsp3) is 0.800. The number of hydrogen-bond acceptors (Lipinski definition) is 3. The van der Waals surface area contributed by atoms with E-state index in [9.17, 15) is 9.59 Å². The number of amides is 2. The van der Waals surface area contributed by atoms with Crippen molar-refractivity contribution in [1.82, 2.24) is 10.6 Å². The smallest absolute Gasteiger partial charge is 0.328 e. The summed E-state index contributed by atoms with van der Waals surface area (Å²) >= 11 is 0. The molecule has 16 heavy (non-hydrogen) atoms. The number of nitrogens with one attached hydrogen (secondary N) is 2. The van der Waals surface area contributed by atoms with Crippen molar-refractivity contribution < 1.29 is 19.4 Å². The van der Waals surface area contributed by atoms with E-state index in [0.717, 1.165) is 0 Å². The highest BCUT2D eigenvalue weighted by Crippen LogP contribution is 2.00. The van der Waals surface area contributed by atoms with Crippen LogP contribution in [-0.2, 0) is 9.53 Å². The van der Waals surface area contributed by atoms with Gasteiger partial charge in [0.25, 0.3) is 0 Å². The van der Waals surface area contributed by atoms with Gasteiger partial charge in [0.1, 0.15) is 5.54 Å². The molecule has 94 valence electrons. The van der Waals surface area contributed by atoms with Crippen LogP contribution < -0.4 is 10.6 Å². The van der Waals surface area contributed by atoms with Gasteiger partial charge in [-0.05, 0) is 27.7 Å². The Balaban J connectivity index is 3.96. The highest BCUT2D eigenvalue weighted by atomic mass is 16.5. The van der Waals surface area contributed by atoms with Gasteiger partial charge in [0.05, 0.1) is 6.10 Å². The van der Waals surface area contributed by atoms with Crippen LogP contribution in [0.4, 0.5) is 4.79 Å². The topological polar surface area (TPSA) is 87.7 Å². The number of urea groups is 1. The molecular formula is C10H20N2O4. The highest BCUT2D eigenvalue weighted by molar-refractivity contribution is 5.85. The zero-order valence-corrected chi connectivity index (χ0v) is 10.2. The van der Waals surface area contributed by atoms with Crippen LogP contribution in [0.25, 0.3) is 0 Å². The Kier molecular flexibility index (Phi) is 5.81. The molecule has 0 aliphatic carbocycles. The Morgan fingerprint density at radius 2 is 2.00 bits per heavy atom. The zero-order valence-electron chi connectivity index (χ0n) is 10.2. The lowest BCUT2D eigenvalue weighted by Gasteiger charge is -2.22. The van der Waals surface area contributed by atoms with Crippen LogP contribution in [0.1, 0.15) is 27.7 Å². The third-order valence-electron chi connectivity index (χ3n) is 1.96. The first kappa shape index (κ1) is 14.7. The van der Waals surface area contributed by atoms with Crippen molar-refractivity contribution in [3.8, 4) is 0 Å². The van der Waals surface area contributed by atoms with Crippen molar-refractivity contribution in [3.63, 3.8) is 0 Å². The molecule has 0 bridgehead atoms. The summed E-state index contributed by atoms with van der Waals surface area (Å²) < 4.78 is 5.21. The van der Waals surface area contributed by atoms with Crippen LogP contribution in [0.3, 0.4) is 0 Å². The Hall–Kier alpha value is -1.30. The molecule has 0 aliphatic heterocycles. The summed E-state index contributed by atoms with van der Waals surface area (Å²) in [4.78, 5) is 22.1. The summed E-state index contributed by atoms with van der Waals surface area (Å²) in [6.45, 7) is 7.44. The zero-order chi connectivity index (χ0) is 12.8. The molecule has 0 radical (unpaired) electrons. The molecule has 0 aromatic carbocycles. The summed E-state index contributed by atoms with van der Waals surface area (Å²) in [5.41, 5.74) is -1.28. The molecule has 0 aromatic heterocycles. The standard InChI is InChI=1S/C10H20N2O4/c1-5-16-7(2)6-11-9(15)12-10(3,4)8(13)14/h7H,5-6H2,1-4H3,(H,13,14)(H2,11,12,15). The minimum atomic E-state index is -1.28. The quantitative estimate of drug-likeness (QED) is 0.625. The number of aliphatic carboxylic acids is 1. The molecule has 1 unspecified atom stereocenters. The Labute approximate surface area is 95.4 Å². The fourth-order valence-corrected chi connectivity index (χ4v) is 0.961. The van der Waals surface area contributed by atoms with E-state index < -0.39 is 17.5 Å². The Morgan fingerprint density at radius 1 is 1.44 bits per heavy atom. The summed E-state index contributed by atoms with van der Waals surface area (Å²) in [6.07, 6.45) is -0.0938. The first-order valence-corrected chi connectivity index (χ1v) is 5.20. The number of carbonyl (C=O) groups excluding carboxylic acids is 1. The molecule has 0 heterocycles. The maximum atomic E-state index is 11.3. The van der Waals surface area contributed by atoms with Crippen LogP contribution in [0.5, 0.6) is 0 Å². The normalized spacial score (nSPS) is 13.0. The predicted molar refractivity (Wildman–Crippen MR) is 59.3 cm³/mol. The van der Waals surface area contributed by atoms with Gasteiger partial charge in [-0.2, -0.15) is 0 Å². The first-order valence-electron chi connectivity index (χ1n) is 5.20. The second kappa shape index (κ2) is 6.32. The number of carbonyl (C=O) groups is 2. The summed E-state index contributed by atoms with van der Waals surface area (Å²) in [5, 5.41) is 13.7. The Morgan fingerprint density at radius 3 is 2.44 bits per heavy atom. The average Bonchev–Trinajstić information content (AvgIpc) is 2.14. The van der Waals surface area contributed by atoms with Gasteiger partial charge in [-0.3, -0.25) is 0 Å². The molecule has 0 spiro atoms. The van der Waals surface area contributed by atoms with Gasteiger partial charge < -0.3 is 20.5 Å². The van der Waals surface area contributed by atoms with Crippen molar-refractivity contribution in [1.29, 1.82) is 0 Å². The lowest BCUT2D eigenvalue weighted by molar-refractivity contribution is -0.142. The van der Waals surface area contributed by atoms with Gasteiger partial charge in [-0.15, -0.1) is 0 Å². The lowest BCUT2D eigenvalue weighted by atomic mass is 10.1. The van der Waals surface area contributed by atoms with E-state index in [0.29, 0.717) is 13.2 Å². The van der Waals surface area contributed by atoms with Gasteiger partial charge in [0, 0.05) is 13.2 Å². The van der Waals surface area contributed by atoms with E-state index in [1.807, 2.05) is 13.8 Å². The molecule has 0 fully saturated rings. The van der Waals surface area contributed by atoms with Crippen molar-refractivity contribution in [2.24, 2.45) is 0 Å². The molecular weight excluding hydrogens is 212 g/mol. The number of carboxylic acids is 1. The van der Waals surface area contributed by atoms with Gasteiger partial charge in [-0.1, -0.05) is 0 Å². The Bertz CT molecular complexity index is 253. The van der Waals surface area contributed by atoms with Gasteiger partial charge >= 0.3 is 12.0 Å². The average molecular weight is 232 g/mol. The van der Waals surface area contributed by atoms with Crippen LogP contribution in [-0.4, -0.2) is 41.9 Å². The molecule has 6 heteroatoms. The highest BCUT2D eigenvalue weighted by Gasteiger charge is 2.28.